The molecule has 2 atom stereocenters. The number of aliphatic hydroxyl groups is 1. The molecule has 1 saturated heterocycles. The summed E-state index contributed by atoms with van der Waals surface area (Å²) in [5.74, 6) is -0.577. The summed E-state index contributed by atoms with van der Waals surface area (Å²) >= 11 is 0. The number of hydrogen-bond donors (Lipinski definition) is 2. The Kier molecular flexibility index (Phi) is 6.63. The van der Waals surface area contributed by atoms with Gasteiger partial charge in [0.1, 0.15) is 18.5 Å². The summed E-state index contributed by atoms with van der Waals surface area (Å²) in [6, 6.07) is 12.6. The summed E-state index contributed by atoms with van der Waals surface area (Å²) < 4.78 is 19.5. The van der Waals surface area contributed by atoms with E-state index in [1.165, 1.54) is 11.0 Å². The van der Waals surface area contributed by atoms with Gasteiger partial charge in [0.15, 0.2) is 0 Å². The maximum atomic E-state index is 14.1. The third-order valence-electron chi connectivity index (χ3n) is 6.14. The molecule has 1 saturated carbocycles. The lowest BCUT2D eigenvalue weighted by Gasteiger charge is -2.38. The lowest BCUT2D eigenvalue weighted by Crippen LogP contribution is -2.51. The van der Waals surface area contributed by atoms with Crippen LogP contribution in [0.5, 0.6) is 0 Å². The zero-order valence-electron chi connectivity index (χ0n) is 17.3. The number of rotatable bonds is 6. The second-order valence-electron chi connectivity index (χ2n) is 8.23. The number of carbonyl (C=O) groups excluding carboxylic acids is 2. The topological polar surface area (TPSA) is 78.9 Å². The molecule has 6 nitrogen and oxygen atoms in total. The second kappa shape index (κ2) is 9.58. The average Bonchev–Trinajstić information content (AvgIpc) is 3.32. The normalized spacial score (nSPS) is 20.6. The van der Waals surface area contributed by atoms with Gasteiger partial charge in [0.05, 0.1) is 12.6 Å². The molecule has 4 rings (SSSR count). The molecule has 0 aromatic heterocycles. The number of carbonyl (C=O) groups is 2. The molecule has 2 aliphatic rings. The highest BCUT2D eigenvalue weighted by molar-refractivity contribution is 5.92. The summed E-state index contributed by atoms with van der Waals surface area (Å²) in [4.78, 5) is 26.3. The lowest BCUT2D eigenvalue weighted by molar-refractivity contribution is -0.155. The first kappa shape index (κ1) is 21.5. The number of morpholine rings is 1. The summed E-state index contributed by atoms with van der Waals surface area (Å²) in [5.41, 5.74) is 1.66. The minimum atomic E-state index is -1.00. The first-order chi connectivity index (χ1) is 15.0. The van der Waals surface area contributed by atoms with Crippen molar-refractivity contribution >= 4 is 17.5 Å². The molecule has 2 aromatic rings. The van der Waals surface area contributed by atoms with Crippen LogP contribution in [-0.4, -0.2) is 41.1 Å². The summed E-state index contributed by atoms with van der Waals surface area (Å²) in [5, 5.41) is 13.9. The Morgan fingerprint density at radius 2 is 1.87 bits per heavy atom. The van der Waals surface area contributed by atoms with Crippen molar-refractivity contribution in [2.24, 2.45) is 5.92 Å². The van der Waals surface area contributed by atoms with E-state index in [1.807, 2.05) is 0 Å². The van der Waals surface area contributed by atoms with Gasteiger partial charge in [-0.2, -0.15) is 0 Å². The molecule has 2 unspecified atom stereocenters. The van der Waals surface area contributed by atoms with E-state index in [0.717, 1.165) is 25.7 Å². The van der Waals surface area contributed by atoms with Gasteiger partial charge in [-0.1, -0.05) is 43.2 Å². The van der Waals surface area contributed by atoms with Gasteiger partial charge in [-0.15, -0.1) is 0 Å². The van der Waals surface area contributed by atoms with Gasteiger partial charge in [-0.3, -0.25) is 9.59 Å². The lowest BCUT2D eigenvalue weighted by atomic mass is 9.99. The fourth-order valence-electron chi connectivity index (χ4n) is 4.32. The molecule has 164 valence electrons. The maximum Gasteiger partial charge on any atom is 0.249 e. The number of anilines is 1. The molecule has 2 fully saturated rings. The summed E-state index contributed by atoms with van der Waals surface area (Å²) in [6.07, 6.45) is 3.03. The number of hydrogen-bond acceptors (Lipinski definition) is 4. The minimum Gasteiger partial charge on any atom is -0.386 e. The van der Waals surface area contributed by atoms with E-state index >= 15 is 0 Å². The highest BCUT2D eigenvalue weighted by Crippen LogP contribution is 2.29. The first-order valence-corrected chi connectivity index (χ1v) is 10.7. The van der Waals surface area contributed by atoms with E-state index in [1.54, 1.807) is 42.5 Å². The van der Waals surface area contributed by atoms with E-state index in [-0.39, 0.29) is 37.5 Å². The Morgan fingerprint density at radius 1 is 1.16 bits per heavy atom. The predicted molar refractivity (Wildman–Crippen MR) is 114 cm³/mol. The van der Waals surface area contributed by atoms with Gasteiger partial charge < -0.3 is 20.1 Å². The van der Waals surface area contributed by atoms with Crippen LogP contribution in [0.2, 0.25) is 0 Å². The molecule has 1 aliphatic heterocycles. The van der Waals surface area contributed by atoms with Crippen molar-refractivity contribution in [3.05, 3.63) is 65.5 Å². The molecule has 0 bridgehead atoms. The Labute approximate surface area is 181 Å². The average molecular weight is 426 g/mol. The van der Waals surface area contributed by atoms with Crippen LogP contribution in [-0.2, 0) is 20.9 Å². The number of aliphatic hydroxyl groups excluding tert-OH is 1. The summed E-state index contributed by atoms with van der Waals surface area (Å²) in [6.45, 7) is 0.122. The van der Waals surface area contributed by atoms with E-state index in [9.17, 15) is 19.1 Å². The van der Waals surface area contributed by atoms with Crippen molar-refractivity contribution < 1.29 is 23.8 Å². The van der Waals surface area contributed by atoms with Crippen molar-refractivity contribution in [1.29, 1.82) is 0 Å². The molecule has 2 amide bonds. The van der Waals surface area contributed by atoms with Crippen molar-refractivity contribution in [2.45, 2.75) is 44.4 Å². The third kappa shape index (κ3) is 4.94. The molecule has 2 aromatic carbocycles. The number of benzene rings is 2. The molecule has 7 heteroatoms. The van der Waals surface area contributed by atoms with Crippen LogP contribution in [0.15, 0.2) is 48.5 Å². The third-order valence-corrected chi connectivity index (χ3v) is 6.14. The highest BCUT2D eigenvalue weighted by atomic mass is 19.1. The van der Waals surface area contributed by atoms with Crippen LogP contribution in [0.25, 0.3) is 0 Å². The van der Waals surface area contributed by atoms with Crippen LogP contribution in [0, 0.1) is 11.7 Å². The zero-order chi connectivity index (χ0) is 21.8. The van der Waals surface area contributed by atoms with Gasteiger partial charge in [-0.25, -0.2) is 4.39 Å². The van der Waals surface area contributed by atoms with Crippen molar-refractivity contribution in [2.75, 3.05) is 18.5 Å². The molecule has 31 heavy (non-hydrogen) atoms. The Hall–Kier alpha value is -2.77. The monoisotopic (exact) mass is 426 g/mol. The van der Waals surface area contributed by atoms with E-state index in [4.69, 9.17) is 4.74 Å². The molecular weight excluding hydrogens is 399 g/mol. The largest absolute Gasteiger partial charge is 0.386 e. The second-order valence-corrected chi connectivity index (χ2v) is 8.23. The highest BCUT2D eigenvalue weighted by Gasteiger charge is 2.35. The number of ether oxygens (including phenoxy) is 1. The number of halogens is 1. The van der Waals surface area contributed by atoms with Crippen LogP contribution in [0.1, 0.15) is 42.9 Å². The van der Waals surface area contributed by atoms with Gasteiger partial charge >= 0.3 is 0 Å². The Morgan fingerprint density at radius 3 is 2.58 bits per heavy atom. The Balaban J connectivity index is 1.46. The molecule has 2 N–H and O–H groups in total. The molecule has 0 radical (unpaired) electrons. The Bertz CT molecular complexity index is 927. The van der Waals surface area contributed by atoms with Gasteiger partial charge in [0.2, 0.25) is 11.8 Å². The fraction of sp³-hybridized carbons (Fsp3) is 0.417. The number of nitrogens with zero attached hydrogens (tertiary/aromatic N) is 1. The quantitative estimate of drug-likeness (QED) is 0.742. The molecular formula is C24H27FN2O4. The van der Waals surface area contributed by atoms with E-state index in [0.29, 0.717) is 16.8 Å². The standard InChI is InChI=1S/C24H27FN2O4/c25-20-8-4-3-7-18(20)13-27-21(14-31-15-22(27)28)23(29)16-9-11-19(12-10-16)26-24(30)17-5-1-2-6-17/h3-4,7-12,17,21,23,29H,1-2,5-6,13-15H2,(H,26,30). The maximum absolute atomic E-state index is 14.1. The predicted octanol–water partition coefficient (Wildman–Crippen LogP) is 3.42. The first-order valence-electron chi connectivity index (χ1n) is 10.7. The minimum absolute atomic E-state index is 0.0353. The van der Waals surface area contributed by atoms with Crippen molar-refractivity contribution in [1.82, 2.24) is 4.90 Å². The van der Waals surface area contributed by atoms with Crippen molar-refractivity contribution in [3.63, 3.8) is 0 Å². The van der Waals surface area contributed by atoms with Gasteiger partial charge in [0, 0.05) is 23.7 Å². The van der Waals surface area contributed by atoms with Crippen LogP contribution < -0.4 is 5.32 Å². The van der Waals surface area contributed by atoms with Crippen molar-refractivity contribution in [3.8, 4) is 0 Å². The van der Waals surface area contributed by atoms with Gasteiger partial charge in [0.25, 0.3) is 0 Å². The zero-order valence-corrected chi connectivity index (χ0v) is 17.3. The van der Waals surface area contributed by atoms with E-state index in [2.05, 4.69) is 5.32 Å². The smallest absolute Gasteiger partial charge is 0.249 e. The van der Waals surface area contributed by atoms with E-state index < -0.39 is 18.0 Å². The van der Waals surface area contributed by atoms with Crippen LogP contribution in [0.4, 0.5) is 10.1 Å². The fourth-order valence-corrected chi connectivity index (χ4v) is 4.32. The number of amides is 2. The molecule has 0 spiro atoms. The molecule has 1 heterocycles. The summed E-state index contributed by atoms with van der Waals surface area (Å²) in [7, 11) is 0. The number of nitrogens with one attached hydrogen (secondary N) is 1. The molecule has 1 aliphatic carbocycles. The van der Waals surface area contributed by atoms with Gasteiger partial charge in [-0.05, 0) is 36.6 Å². The van der Waals surface area contributed by atoms with Crippen LogP contribution >= 0.6 is 0 Å². The van der Waals surface area contributed by atoms with Crippen LogP contribution in [0.3, 0.4) is 0 Å². The SMILES string of the molecule is O=C(Nc1ccc(C(O)C2COCC(=O)N2Cc2ccccc2F)cc1)C1CCCC1.